The minimum absolute atomic E-state index is 0.210. The highest BCUT2D eigenvalue weighted by Gasteiger charge is 2.25. The first-order valence-corrected chi connectivity index (χ1v) is 7.16. The van der Waals surface area contributed by atoms with Gasteiger partial charge < -0.3 is 5.73 Å². The summed E-state index contributed by atoms with van der Waals surface area (Å²) in [6.45, 7) is 3.19. The summed E-state index contributed by atoms with van der Waals surface area (Å²) in [5, 5.41) is 4.10. The highest BCUT2D eigenvalue weighted by molar-refractivity contribution is 7.89. The summed E-state index contributed by atoms with van der Waals surface area (Å²) >= 11 is 0. The first-order chi connectivity index (χ1) is 8.04. The Morgan fingerprint density at radius 3 is 2.65 bits per heavy atom. The lowest BCUT2D eigenvalue weighted by Gasteiger charge is -2.21. The summed E-state index contributed by atoms with van der Waals surface area (Å²) < 4.78 is 27.4. The van der Waals surface area contributed by atoms with E-state index in [2.05, 4.69) is 5.10 Å². The zero-order valence-corrected chi connectivity index (χ0v) is 11.2. The minimum Gasteiger partial charge on any atom is -0.329 e. The summed E-state index contributed by atoms with van der Waals surface area (Å²) in [6.07, 6.45) is 3.26. The monoisotopic (exact) mass is 260 g/mol. The molecular weight excluding hydrogens is 240 g/mol. The topological polar surface area (TPSA) is 81.2 Å². The van der Waals surface area contributed by atoms with E-state index in [1.807, 2.05) is 6.92 Å². The third kappa shape index (κ3) is 3.27. The normalized spacial score (nSPS) is 12.2. The maximum absolute atomic E-state index is 12.3. The Labute approximate surface area is 102 Å². The van der Waals surface area contributed by atoms with E-state index in [-0.39, 0.29) is 5.03 Å². The van der Waals surface area contributed by atoms with Crippen LogP contribution < -0.4 is 5.73 Å². The van der Waals surface area contributed by atoms with Gasteiger partial charge in [-0.25, -0.2) is 8.42 Å². The Hall–Kier alpha value is -0.920. The first kappa shape index (κ1) is 14.1. The van der Waals surface area contributed by atoms with Crippen molar-refractivity contribution >= 4 is 10.0 Å². The van der Waals surface area contributed by atoms with E-state index in [9.17, 15) is 8.42 Å². The molecule has 1 rings (SSSR count). The smallest absolute Gasteiger partial charge is 0.260 e. The highest BCUT2D eigenvalue weighted by Crippen LogP contribution is 2.14. The fourth-order valence-electron chi connectivity index (χ4n) is 1.58. The molecule has 0 atom stereocenters. The van der Waals surface area contributed by atoms with Crippen molar-refractivity contribution < 1.29 is 8.42 Å². The quantitative estimate of drug-likeness (QED) is 0.757. The number of nitrogens with two attached hydrogens (primary N) is 1. The maximum Gasteiger partial charge on any atom is 0.260 e. The van der Waals surface area contributed by atoms with Gasteiger partial charge in [-0.2, -0.15) is 9.40 Å². The number of aryl methyl sites for hydroxylation is 1. The fraction of sp³-hybridized carbons (Fsp3) is 0.700. The summed E-state index contributed by atoms with van der Waals surface area (Å²) in [5.74, 6) is 0. The lowest BCUT2D eigenvalue weighted by molar-refractivity contribution is 0.404. The Kier molecular flexibility index (Phi) is 5.10. The van der Waals surface area contributed by atoms with Crippen molar-refractivity contribution in [2.45, 2.75) is 24.8 Å². The molecule has 0 saturated heterocycles. The molecule has 7 heteroatoms. The van der Waals surface area contributed by atoms with E-state index in [1.165, 1.54) is 21.3 Å². The Balaban J connectivity index is 2.96. The SMILES string of the molecule is CCCCN(CCN)S(=O)(=O)c1ccnn1C. The number of hydrogen-bond donors (Lipinski definition) is 1. The Bertz CT molecular complexity index is 441. The minimum atomic E-state index is -3.47. The van der Waals surface area contributed by atoms with Gasteiger partial charge in [0.2, 0.25) is 0 Å². The van der Waals surface area contributed by atoms with E-state index in [0.717, 1.165) is 12.8 Å². The van der Waals surface area contributed by atoms with Gasteiger partial charge in [-0.15, -0.1) is 0 Å². The van der Waals surface area contributed by atoms with Crippen molar-refractivity contribution in [3.8, 4) is 0 Å². The maximum atomic E-state index is 12.3. The van der Waals surface area contributed by atoms with Crippen LogP contribution >= 0.6 is 0 Å². The predicted octanol–water partition coefficient (Wildman–Crippen LogP) is 0.170. The molecule has 1 aromatic rings. The molecule has 0 saturated carbocycles. The van der Waals surface area contributed by atoms with Crippen LogP contribution in [0.5, 0.6) is 0 Å². The van der Waals surface area contributed by atoms with Gasteiger partial charge >= 0.3 is 0 Å². The van der Waals surface area contributed by atoms with Crippen LogP contribution in [0.1, 0.15) is 19.8 Å². The lowest BCUT2D eigenvalue weighted by Crippen LogP contribution is -2.37. The van der Waals surface area contributed by atoms with E-state index < -0.39 is 10.0 Å². The Morgan fingerprint density at radius 1 is 1.47 bits per heavy atom. The molecule has 0 spiro atoms. The van der Waals surface area contributed by atoms with Crippen LogP contribution in [0.15, 0.2) is 17.3 Å². The van der Waals surface area contributed by atoms with Crippen LogP contribution in [-0.2, 0) is 17.1 Å². The molecule has 1 heterocycles. The largest absolute Gasteiger partial charge is 0.329 e. The van der Waals surface area contributed by atoms with Gasteiger partial charge in [0.1, 0.15) is 0 Å². The molecule has 0 fully saturated rings. The van der Waals surface area contributed by atoms with Crippen molar-refractivity contribution in [2.24, 2.45) is 12.8 Å². The summed E-state index contributed by atoms with van der Waals surface area (Å²) in [4.78, 5) is 0. The second-order valence-electron chi connectivity index (χ2n) is 3.84. The molecule has 6 nitrogen and oxygen atoms in total. The second kappa shape index (κ2) is 6.13. The molecule has 98 valence electrons. The van der Waals surface area contributed by atoms with Crippen molar-refractivity contribution in [3.63, 3.8) is 0 Å². The molecule has 0 bridgehead atoms. The third-order valence-corrected chi connectivity index (χ3v) is 4.49. The van der Waals surface area contributed by atoms with Gasteiger partial charge in [0, 0.05) is 26.7 Å². The molecule has 0 aliphatic heterocycles. The number of nitrogens with zero attached hydrogens (tertiary/aromatic N) is 3. The molecule has 0 aromatic carbocycles. The summed E-state index contributed by atoms with van der Waals surface area (Å²) in [7, 11) is -1.85. The number of aromatic nitrogens is 2. The van der Waals surface area contributed by atoms with Crippen LogP contribution in [0.3, 0.4) is 0 Å². The summed E-state index contributed by atoms with van der Waals surface area (Å²) in [6, 6.07) is 1.50. The molecule has 0 unspecified atom stereocenters. The standard InChI is InChI=1S/C10H20N4O2S/c1-3-4-8-14(9-6-11)17(15,16)10-5-7-12-13(10)2/h5,7H,3-4,6,8-9,11H2,1-2H3. The zero-order chi connectivity index (χ0) is 12.9. The summed E-state index contributed by atoms with van der Waals surface area (Å²) in [5.41, 5.74) is 5.46. The van der Waals surface area contributed by atoms with Gasteiger partial charge in [-0.3, -0.25) is 4.68 Å². The van der Waals surface area contributed by atoms with Gasteiger partial charge in [0.05, 0.1) is 6.20 Å². The number of sulfonamides is 1. The highest BCUT2D eigenvalue weighted by atomic mass is 32.2. The van der Waals surface area contributed by atoms with Crippen LogP contribution in [0.2, 0.25) is 0 Å². The van der Waals surface area contributed by atoms with Crippen LogP contribution in [0.4, 0.5) is 0 Å². The van der Waals surface area contributed by atoms with Crippen molar-refractivity contribution in [3.05, 3.63) is 12.3 Å². The zero-order valence-electron chi connectivity index (χ0n) is 10.3. The number of hydrogen-bond acceptors (Lipinski definition) is 4. The van der Waals surface area contributed by atoms with Crippen LogP contribution in [0.25, 0.3) is 0 Å². The van der Waals surface area contributed by atoms with Gasteiger partial charge in [-0.05, 0) is 12.5 Å². The Morgan fingerprint density at radius 2 is 2.18 bits per heavy atom. The molecule has 0 amide bonds. The average Bonchev–Trinajstić information content (AvgIpc) is 2.71. The van der Waals surface area contributed by atoms with Gasteiger partial charge in [0.25, 0.3) is 10.0 Å². The molecule has 2 N–H and O–H groups in total. The molecule has 0 radical (unpaired) electrons. The molecule has 0 aliphatic rings. The van der Waals surface area contributed by atoms with Crippen LogP contribution in [0, 0.1) is 0 Å². The van der Waals surface area contributed by atoms with Crippen molar-refractivity contribution in [1.82, 2.24) is 14.1 Å². The molecule has 1 aromatic heterocycles. The van der Waals surface area contributed by atoms with E-state index in [0.29, 0.717) is 19.6 Å². The van der Waals surface area contributed by atoms with E-state index in [1.54, 1.807) is 7.05 Å². The first-order valence-electron chi connectivity index (χ1n) is 5.72. The van der Waals surface area contributed by atoms with Crippen molar-refractivity contribution in [2.75, 3.05) is 19.6 Å². The lowest BCUT2D eigenvalue weighted by atomic mass is 10.3. The number of unbranched alkanes of at least 4 members (excludes halogenated alkanes) is 1. The molecule has 17 heavy (non-hydrogen) atoms. The third-order valence-electron chi connectivity index (χ3n) is 2.52. The number of rotatable bonds is 7. The van der Waals surface area contributed by atoms with Gasteiger partial charge in [0.15, 0.2) is 5.03 Å². The van der Waals surface area contributed by atoms with Gasteiger partial charge in [-0.1, -0.05) is 13.3 Å². The molecular formula is C10H20N4O2S. The second-order valence-corrected chi connectivity index (χ2v) is 5.72. The predicted molar refractivity (Wildman–Crippen MR) is 65.9 cm³/mol. The van der Waals surface area contributed by atoms with Crippen molar-refractivity contribution in [1.29, 1.82) is 0 Å². The average molecular weight is 260 g/mol. The fourth-order valence-corrected chi connectivity index (χ4v) is 3.17. The van der Waals surface area contributed by atoms with E-state index >= 15 is 0 Å². The molecule has 0 aliphatic carbocycles. The van der Waals surface area contributed by atoms with E-state index in [4.69, 9.17) is 5.73 Å². The van der Waals surface area contributed by atoms with Crippen LogP contribution in [-0.4, -0.2) is 42.1 Å².